The van der Waals surface area contributed by atoms with Crippen molar-refractivity contribution in [1.29, 1.82) is 0 Å². The van der Waals surface area contributed by atoms with Crippen LogP contribution in [0.4, 0.5) is 0 Å². The van der Waals surface area contributed by atoms with Gasteiger partial charge in [0.1, 0.15) is 6.26 Å². The molecule has 0 unspecified atom stereocenters. The molecule has 2 heterocycles. The standard InChI is InChI=1S/C11H19N3O/c1-10(2)14-6-4-13(5-7-14)9-11-12-3-8-15-11/h3,8,10H,4-7,9H2,1-2H3. The van der Waals surface area contributed by atoms with Crippen LogP contribution in [0.15, 0.2) is 16.9 Å². The molecule has 0 spiro atoms. The molecular weight excluding hydrogens is 190 g/mol. The molecule has 0 saturated carbocycles. The first-order chi connectivity index (χ1) is 7.25. The van der Waals surface area contributed by atoms with E-state index in [0.29, 0.717) is 6.04 Å². The largest absolute Gasteiger partial charge is 0.448 e. The molecule has 1 aromatic heterocycles. The van der Waals surface area contributed by atoms with Crippen LogP contribution >= 0.6 is 0 Å². The van der Waals surface area contributed by atoms with Crippen molar-refractivity contribution in [3.05, 3.63) is 18.4 Å². The van der Waals surface area contributed by atoms with Crippen molar-refractivity contribution in [2.45, 2.75) is 26.4 Å². The highest BCUT2D eigenvalue weighted by Crippen LogP contribution is 2.08. The number of piperazine rings is 1. The van der Waals surface area contributed by atoms with Crippen molar-refractivity contribution < 1.29 is 4.42 Å². The summed E-state index contributed by atoms with van der Waals surface area (Å²) in [6, 6.07) is 0.661. The van der Waals surface area contributed by atoms with Crippen LogP contribution in [0.3, 0.4) is 0 Å². The van der Waals surface area contributed by atoms with Crippen molar-refractivity contribution >= 4 is 0 Å². The lowest BCUT2D eigenvalue weighted by Gasteiger charge is -2.36. The topological polar surface area (TPSA) is 32.5 Å². The maximum atomic E-state index is 5.24. The Kier molecular flexibility index (Phi) is 3.38. The average Bonchev–Trinajstić information content (AvgIpc) is 2.71. The molecule has 1 saturated heterocycles. The fourth-order valence-corrected chi connectivity index (χ4v) is 1.96. The molecule has 4 nitrogen and oxygen atoms in total. The number of hydrogen-bond acceptors (Lipinski definition) is 4. The highest BCUT2D eigenvalue weighted by Gasteiger charge is 2.19. The molecule has 0 atom stereocenters. The molecule has 1 fully saturated rings. The zero-order chi connectivity index (χ0) is 10.7. The molecule has 4 heteroatoms. The molecule has 1 aromatic rings. The van der Waals surface area contributed by atoms with Crippen LogP contribution in [0.1, 0.15) is 19.7 Å². The van der Waals surface area contributed by atoms with Crippen molar-refractivity contribution in [2.24, 2.45) is 0 Å². The molecule has 15 heavy (non-hydrogen) atoms. The lowest BCUT2D eigenvalue weighted by atomic mass is 10.2. The van der Waals surface area contributed by atoms with Crippen molar-refractivity contribution in [3.63, 3.8) is 0 Å². The Bertz CT molecular complexity index is 276. The summed E-state index contributed by atoms with van der Waals surface area (Å²) >= 11 is 0. The lowest BCUT2D eigenvalue weighted by molar-refractivity contribution is 0.0978. The smallest absolute Gasteiger partial charge is 0.208 e. The highest BCUT2D eigenvalue weighted by molar-refractivity contribution is 4.82. The SMILES string of the molecule is CC(C)N1CCN(Cc2ncco2)CC1. The summed E-state index contributed by atoms with van der Waals surface area (Å²) in [4.78, 5) is 9.04. The summed E-state index contributed by atoms with van der Waals surface area (Å²) in [7, 11) is 0. The van der Waals surface area contributed by atoms with Gasteiger partial charge in [-0.15, -0.1) is 0 Å². The third-order valence-electron chi connectivity index (χ3n) is 2.98. The van der Waals surface area contributed by atoms with Crippen LogP contribution in [0.25, 0.3) is 0 Å². The number of nitrogens with zero attached hydrogens (tertiary/aromatic N) is 3. The molecule has 0 aromatic carbocycles. The Balaban J connectivity index is 1.79. The van der Waals surface area contributed by atoms with E-state index in [-0.39, 0.29) is 0 Å². The summed E-state index contributed by atoms with van der Waals surface area (Å²) in [6.07, 6.45) is 3.35. The Hall–Kier alpha value is -0.870. The third-order valence-corrected chi connectivity index (χ3v) is 2.98. The van der Waals surface area contributed by atoms with Gasteiger partial charge in [0.15, 0.2) is 0 Å². The Morgan fingerprint density at radius 1 is 1.33 bits per heavy atom. The van der Waals surface area contributed by atoms with Crippen LogP contribution in [0.2, 0.25) is 0 Å². The minimum atomic E-state index is 0.661. The van der Waals surface area contributed by atoms with Gasteiger partial charge in [0.05, 0.1) is 12.7 Å². The molecule has 0 bridgehead atoms. The first-order valence-electron chi connectivity index (χ1n) is 5.60. The van der Waals surface area contributed by atoms with Crippen molar-refractivity contribution in [3.8, 4) is 0 Å². The van der Waals surface area contributed by atoms with E-state index in [1.807, 2.05) is 0 Å². The van der Waals surface area contributed by atoms with Gasteiger partial charge in [-0.2, -0.15) is 0 Å². The van der Waals surface area contributed by atoms with E-state index in [0.717, 1.165) is 38.6 Å². The van der Waals surface area contributed by atoms with Gasteiger partial charge in [-0.1, -0.05) is 0 Å². The minimum absolute atomic E-state index is 0.661. The monoisotopic (exact) mass is 209 g/mol. The van der Waals surface area contributed by atoms with Crippen molar-refractivity contribution in [1.82, 2.24) is 14.8 Å². The Morgan fingerprint density at radius 3 is 2.60 bits per heavy atom. The first kappa shape index (κ1) is 10.6. The summed E-state index contributed by atoms with van der Waals surface area (Å²) in [5, 5.41) is 0. The van der Waals surface area contributed by atoms with Gasteiger partial charge in [-0.25, -0.2) is 4.98 Å². The second kappa shape index (κ2) is 4.77. The summed E-state index contributed by atoms with van der Waals surface area (Å²) < 4.78 is 5.24. The number of rotatable bonds is 3. The maximum absolute atomic E-state index is 5.24. The fraction of sp³-hybridized carbons (Fsp3) is 0.727. The van der Waals surface area contributed by atoms with Crippen LogP contribution in [-0.2, 0) is 6.54 Å². The molecule has 1 aliphatic rings. The third kappa shape index (κ3) is 2.79. The van der Waals surface area contributed by atoms with E-state index in [4.69, 9.17) is 4.42 Å². The number of aromatic nitrogens is 1. The zero-order valence-corrected chi connectivity index (χ0v) is 9.52. The predicted octanol–water partition coefficient (Wildman–Crippen LogP) is 1.20. The molecule has 0 radical (unpaired) electrons. The molecule has 0 N–H and O–H groups in total. The summed E-state index contributed by atoms with van der Waals surface area (Å²) in [5.74, 6) is 0.827. The Labute approximate surface area is 90.9 Å². The average molecular weight is 209 g/mol. The van der Waals surface area contributed by atoms with Crippen molar-refractivity contribution in [2.75, 3.05) is 26.2 Å². The van der Waals surface area contributed by atoms with Crippen LogP contribution in [0, 0.1) is 0 Å². The second-order valence-corrected chi connectivity index (χ2v) is 4.33. The Morgan fingerprint density at radius 2 is 2.07 bits per heavy atom. The van der Waals surface area contributed by atoms with E-state index in [2.05, 4.69) is 28.6 Å². The van der Waals surface area contributed by atoms with E-state index in [9.17, 15) is 0 Å². The van der Waals surface area contributed by atoms with E-state index < -0.39 is 0 Å². The highest BCUT2D eigenvalue weighted by atomic mass is 16.3. The van der Waals surface area contributed by atoms with Gasteiger partial charge in [0.25, 0.3) is 0 Å². The van der Waals surface area contributed by atoms with Gasteiger partial charge in [0, 0.05) is 32.2 Å². The van der Waals surface area contributed by atoms with E-state index in [1.165, 1.54) is 0 Å². The normalized spacial score (nSPS) is 19.9. The maximum Gasteiger partial charge on any atom is 0.208 e. The zero-order valence-electron chi connectivity index (χ0n) is 9.52. The van der Waals surface area contributed by atoms with Gasteiger partial charge >= 0.3 is 0 Å². The van der Waals surface area contributed by atoms with E-state index >= 15 is 0 Å². The lowest BCUT2D eigenvalue weighted by Crippen LogP contribution is -2.48. The summed E-state index contributed by atoms with van der Waals surface area (Å²) in [6.45, 7) is 9.88. The van der Waals surface area contributed by atoms with Crippen LogP contribution in [0.5, 0.6) is 0 Å². The molecular formula is C11H19N3O. The second-order valence-electron chi connectivity index (χ2n) is 4.33. The molecule has 1 aliphatic heterocycles. The van der Waals surface area contributed by atoms with Crippen LogP contribution in [-0.4, -0.2) is 47.0 Å². The fourth-order valence-electron chi connectivity index (χ4n) is 1.96. The van der Waals surface area contributed by atoms with Gasteiger partial charge in [-0.3, -0.25) is 9.80 Å². The first-order valence-corrected chi connectivity index (χ1v) is 5.60. The molecule has 84 valence electrons. The summed E-state index contributed by atoms with van der Waals surface area (Å²) in [5.41, 5.74) is 0. The molecule has 2 rings (SSSR count). The number of oxazole rings is 1. The van der Waals surface area contributed by atoms with Crippen LogP contribution < -0.4 is 0 Å². The van der Waals surface area contributed by atoms with Gasteiger partial charge in [-0.05, 0) is 13.8 Å². The predicted molar refractivity (Wildman–Crippen MR) is 58.5 cm³/mol. The minimum Gasteiger partial charge on any atom is -0.448 e. The molecule has 0 amide bonds. The molecule has 0 aliphatic carbocycles. The van der Waals surface area contributed by atoms with Gasteiger partial charge in [0.2, 0.25) is 5.89 Å². The quantitative estimate of drug-likeness (QED) is 0.749. The van der Waals surface area contributed by atoms with Gasteiger partial charge < -0.3 is 4.42 Å². The van der Waals surface area contributed by atoms with E-state index in [1.54, 1.807) is 12.5 Å². The number of hydrogen-bond donors (Lipinski definition) is 0.